The predicted molar refractivity (Wildman–Crippen MR) is 103 cm³/mol. The fourth-order valence-electron chi connectivity index (χ4n) is 2.94. The zero-order valence-corrected chi connectivity index (χ0v) is 15.2. The van der Waals surface area contributed by atoms with E-state index in [2.05, 4.69) is 10.3 Å². The molecule has 0 bridgehead atoms. The Morgan fingerprint density at radius 2 is 1.93 bits per heavy atom. The molecular weight excluding hydrogens is 360 g/mol. The summed E-state index contributed by atoms with van der Waals surface area (Å²) in [6.45, 7) is 2.48. The Morgan fingerprint density at radius 1 is 1.11 bits per heavy atom. The third-order valence-electron chi connectivity index (χ3n) is 4.36. The smallest absolute Gasteiger partial charge is 0.339 e. The number of hydrogen-bond donors (Lipinski definition) is 1. The normalized spacial score (nSPS) is 13.6. The van der Waals surface area contributed by atoms with Gasteiger partial charge in [-0.2, -0.15) is 0 Å². The van der Waals surface area contributed by atoms with Crippen molar-refractivity contribution in [3.8, 4) is 11.5 Å². The number of esters is 1. The fourth-order valence-corrected chi connectivity index (χ4v) is 2.94. The molecule has 1 aromatic heterocycles. The summed E-state index contributed by atoms with van der Waals surface area (Å²) < 4.78 is 16.3. The molecule has 1 aliphatic rings. The van der Waals surface area contributed by atoms with Gasteiger partial charge in [0, 0.05) is 29.5 Å². The van der Waals surface area contributed by atoms with Gasteiger partial charge in [-0.25, -0.2) is 4.79 Å². The third kappa shape index (κ3) is 3.59. The molecule has 2 heterocycles. The van der Waals surface area contributed by atoms with E-state index in [9.17, 15) is 9.59 Å². The Balaban J connectivity index is 1.45. The van der Waals surface area contributed by atoms with Crippen molar-refractivity contribution in [3.63, 3.8) is 0 Å². The number of nitrogens with zero attached hydrogens (tertiary/aromatic N) is 1. The molecule has 28 heavy (non-hydrogen) atoms. The van der Waals surface area contributed by atoms with Crippen molar-refractivity contribution in [2.24, 2.45) is 0 Å². The van der Waals surface area contributed by atoms with E-state index in [0.717, 1.165) is 10.8 Å². The van der Waals surface area contributed by atoms with E-state index in [-0.39, 0.29) is 0 Å². The standard InChI is InChI=1S/C21H18N2O5/c1-13(20(24)23-15-5-6-18-19(11-15)27-10-9-26-18)28-21(25)17-4-2-3-14-12-22-8-7-16(14)17/h2-8,11-13H,9-10H2,1H3,(H,23,24). The molecule has 2 aromatic carbocycles. The number of carbonyl (C=O) groups is 2. The summed E-state index contributed by atoms with van der Waals surface area (Å²) >= 11 is 0. The lowest BCUT2D eigenvalue weighted by atomic mass is 10.1. The highest BCUT2D eigenvalue weighted by atomic mass is 16.6. The molecule has 0 saturated heterocycles. The van der Waals surface area contributed by atoms with Gasteiger partial charge in [0.2, 0.25) is 0 Å². The number of fused-ring (bicyclic) bond motifs is 2. The Labute approximate surface area is 161 Å². The average Bonchev–Trinajstić information content (AvgIpc) is 2.73. The Kier molecular flexibility index (Phi) is 4.80. The van der Waals surface area contributed by atoms with Gasteiger partial charge in [-0.15, -0.1) is 0 Å². The first-order valence-electron chi connectivity index (χ1n) is 8.86. The molecule has 7 heteroatoms. The molecule has 0 saturated carbocycles. The van der Waals surface area contributed by atoms with Gasteiger partial charge < -0.3 is 19.5 Å². The van der Waals surface area contributed by atoms with Crippen LogP contribution in [0, 0.1) is 0 Å². The van der Waals surface area contributed by atoms with Crippen LogP contribution in [0.15, 0.2) is 54.9 Å². The second kappa shape index (κ2) is 7.56. The lowest BCUT2D eigenvalue weighted by Crippen LogP contribution is -2.30. The SMILES string of the molecule is CC(OC(=O)c1cccc2cnccc12)C(=O)Nc1ccc2c(c1)OCCO2. The first-order chi connectivity index (χ1) is 13.6. The molecule has 3 aromatic rings. The minimum atomic E-state index is -0.974. The van der Waals surface area contributed by atoms with Gasteiger partial charge in [0.25, 0.3) is 5.91 Å². The molecule has 1 aliphatic heterocycles. The predicted octanol–water partition coefficient (Wildman–Crippen LogP) is 3.19. The van der Waals surface area contributed by atoms with Gasteiger partial charge in [0.15, 0.2) is 17.6 Å². The van der Waals surface area contributed by atoms with Crippen molar-refractivity contribution in [1.82, 2.24) is 4.98 Å². The molecular formula is C21H18N2O5. The van der Waals surface area contributed by atoms with Crippen LogP contribution in [0.25, 0.3) is 10.8 Å². The number of aromatic nitrogens is 1. The van der Waals surface area contributed by atoms with E-state index in [1.165, 1.54) is 6.92 Å². The monoisotopic (exact) mass is 378 g/mol. The summed E-state index contributed by atoms with van der Waals surface area (Å²) in [5, 5.41) is 4.27. The highest BCUT2D eigenvalue weighted by molar-refractivity contribution is 6.05. The summed E-state index contributed by atoms with van der Waals surface area (Å²) in [6, 6.07) is 12.1. The van der Waals surface area contributed by atoms with Gasteiger partial charge in [-0.05, 0) is 36.6 Å². The first-order valence-corrected chi connectivity index (χ1v) is 8.86. The highest BCUT2D eigenvalue weighted by Gasteiger charge is 2.21. The number of nitrogens with one attached hydrogen (secondary N) is 1. The number of amides is 1. The maximum atomic E-state index is 12.6. The van der Waals surface area contributed by atoms with Crippen molar-refractivity contribution in [2.75, 3.05) is 18.5 Å². The molecule has 0 fully saturated rings. The Morgan fingerprint density at radius 3 is 2.79 bits per heavy atom. The number of carbonyl (C=O) groups excluding carboxylic acids is 2. The van der Waals surface area contributed by atoms with E-state index < -0.39 is 18.0 Å². The Hall–Kier alpha value is -3.61. The zero-order chi connectivity index (χ0) is 19.5. The number of hydrogen-bond acceptors (Lipinski definition) is 6. The van der Waals surface area contributed by atoms with Crippen molar-refractivity contribution < 1.29 is 23.8 Å². The second-order valence-corrected chi connectivity index (χ2v) is 6.30. The summed E-state index contributed by atoms with van der Waals surface area (Å²) in [6.07, 6.45) is 2.30. The zero-order valence-electron chi connectivity index (χ0n) is 15.2. The van der Waals surface area contributed by atoms with Crippen molar-refractivity contribution in [1.29, 1.82) is 0 Å². The van der Waals surface area contributed by atoms with E-state index >= 15 is 0 Å². The summed E-state index contributed by atoms with van der Waals surface area (Å²) in [5.74, 6) is 0.195. The molecule has 0 aliphatic carbocycles. The number of anilines is 1. The third-order valence-corrected chi connectivity index (χ3v) is 4.36. The molecule has 4 rings (SSSR count). The number of benzene rings is 2. The lowest BCUT2D eigenvalue weighted by molar-refractivity contribution is -0.123. The number of rotatable bonds is 4. The van der Waals surface area contributed by atoms with Crippen LogP contribution in [-0.2, 0) is 9.53 Å². The van der Waals surface area contributed by atoms with Crippen LogP contribution in [0.2, 0.25) is 0 Å². The first kappa shape index (κ1) is 17.8. The fraction of sp³-hybridized carbons (Fsp3) is 0.190. The molecule has 1 unspecified atom stereocenters. The quantitative estimate of drug-likeness (QED) is 0.702. The van der Waals surface area contributed by atoms with Crippen LogP contribution in [0.4, 0.5) is 5.69 Å². The van der Waals surface area contributed by atoms with Gasteiger partial charge in [-0.3, -0.25) is 9.78 Å². The molecule has 0 radical (unpaired) electrons. The van der Waals surface area contributed by atoms with Gasteiger partial charge >= 0.3 is 5.97 Å². The molecule has 1 amide bonds. The molecule has 7 nitrogen and oxygen atoms in total. The van der Waals surface area contributed by atoms with E-state index in [1.54, 1.807) is 48.8 Å². The van der Waals surface area contributed by atoms with Crippen LogP contribution in [0.1, 0.15) is 17.3 Å². The van der Waals surface area contributed by atoms with Crippen LogP contribution in [0.3, 0.4) is 0 Å². The van der Waals surface area contributed by atoms with Gasteiger partial charge in [0.1, 0.15) is 13.2 Å². The van der Waals surface area contributed by atoms with Crippen molar-refractivity contribution in [2.45, 2.75) is 13.0 Å². The molecule has 142 valence electrons. The van der Waals surface area contributed by atoms with Crippen LogP contribution >= 0.6 is 0 Å². The molecule has 1 atom stereocenters. The maximum absolute atomic E-state index is 12.6. The van der Waals surface area contributed by atoms with E-state index in [4.69, 9.17) is 14.2 Å². The topological polar surface area (TPSA) is 86.8 Å². The lowest BCUT2D eigenvalue weighted by Gasteiger charge is -2.19. The van der Waals surface area contributed by atoms with Crippen molar-refractivity contribution in [3.05, 3.63) is 60.4 Å². The van der Waals surface area contributed by atoms with Crippen LogP contribution in [-0.4, -0.2) is 36.2 Å². The van der Waals surface area contributed by atoms with Gasteiger partial charge in [-0.1, -0.05) is 12.1 Å². The number of ether oxygens (including phenoxy) is 3. The minimum absolute atomic E-state index is 0.388. The van der Waals surface area contributed by atoms with Crippen LogP contribution < -0.4 is 14.8 Å². The second-order valence-electron chi connectivity index (χ2n) is 6.30. The van der Waals surface area contributed by atoms with Crippen LogP contribution in [0.5, 0.6) is 11.5 Å². The maximum Gasteiger partial charge on any atom is 0.339 e. The highest BCUT2D eigenvalue weighted by Crippen LogP contribution is 2.32. The summed E-state index contributed by atoms with van der Waals surface area (Å²) in [5.41, 5.74) is 0.923. The van der Waals surface area contributed by atoms with E-state index in [0.29, 0.717) is 36.0 Å². The average molecular weight is 378 g/mol. The van der Waals surface area contributed by atoms with E-state index in [1.807, 2.05) is 6.07 Å². The number of pyridine rings is 1. The largest absolute Gasteiger partial charge is 0.486 e. The molecule has 0 spiro atoms. The summed E-state index contributed by atoms with van der Waals surface area (Å²) in [4.78, 5) is 29.0. The van der Waals surface area contributed by atoms with Gasteiger partial charge in [0.05, 0.1) is 5.56 Å². The Bertz CT molecular complexity index is 1040. The summed E-state index contributed by atoms with van der Waals surface area (Å²) in [7, 11) is 0. The molecule has 1 N–H and O–H groups in total. The van der Waals surface area contributed by atoms with Crippen molar-refractivity contribution >= 4 is 28.3 Å². The minimum Gasteiger partial charge on any atom is -0.486 e.